The van der Waals surface area contributed by atoms with Crippen LogP contribution in [0, 0.1) is 0 Å². The number of hydrogen-bond acceptors (Lipinski definition) is 3. The van der Waals surface area contributed by atoms with Crippen LogP contribution in [-0.4, -0.2) is 48.9 Å². The smallest absolute Gasteiger partial charge is 0.264 e. The van der Waals surface area contributed by atoms with Gasteiger partial charge in [0.05, 0.1) is 4.88 Å². The summed E-state index contributed by atoms with van der Waals surface area (Å²) in [5, 5.41) is 1.26. The Hall–Kier alpha value is -1.39. The number of fused-ring (bicyclic) bond motifs is 1. The Bertz CT molecular complexity index is 686. The van der Waals surface area contributed by atoms with Crippen molar-refractivity contribution < 1.29 is 4.79 Å². The number of carbonyl (C=O) groups excluding carboxylic acids is 1. The molecule has 23 heavy (non-hydrogen) atoms. The predicted octanol–water partition coefficient (Wildman–Crippen LogP) is 4.02. The minimum Gasteiger partial charge on any atom is -0.338 e. The number of nitrogens with zero attached hydrogens (tertiary/aromatic N) is 2. The summed E-state index contributed by atoms with van der Waals surface area (Å²) in [5.41, 5.74) is 1.25. The standard InChI is InChI=1S/C19H26N2OS/c1-4-7-16-15-8-5-6-9-17(15)23-18(16)19(22)21(3)14-10-12-20(2)13-11-14/h5-6,8-9,14H,4,7,10-13H2,1-3H3. The van der Waals surface area contributed by atoms with Gasteiger partial charge in [0.25, 0.3) is 5.91 Å². The lowest BCUT2D eigenvalue weighted by Crippen LogP contribution is -2.44. The van der Waals surface area contributed by atoms with Crippen LogP contribution in [0.2, 0.25) is 0 Å². The molecule has 2 aromatic rings. The van der Waals surface area contributed by atoms with E-state index < -0.39 is 0 Å². The van der Waals surface area contributed by atoms with Crippen molar-refractivity contribution >= 4 is 27.3 Å². The van der Waals surface area contributed by atoms with Crippen LogP contribution in [0.5, 0.6) is 0 Å². The van der Waals surface area contributed by atoms with Crippen LogP contribution in [0.3, 0.4) is 0 Å². The maximum Gasteiger partial charge on any atom is 0.264 e. The zero-order valence-corrected chi connectivity index (χ0v) is 15.2. The molecule has 0 atom stereocenters. The van der Waals surface area contributed by atoms with Gasteiger partial charge >= 0.3 is 0 Å². The number of amides is 1. The van der Waals surface area contributed by atoms with E-state index in [9.17, 15) is 4.79 Å². The molecule has 1 aliphatic heterocycles. The van der Waals surface area contributed by atoms with Crippen LogP contribution in [-0.2, 0) is 6.42 Å². The summed E-state index contributed by atoms with van der Waals surface area (Å²) < 4.78 is 1.23. The molecule has 124 valence electrons. The summed E-state index contributed by atoms with van der Waals surface area (Å²) in [4.78, 5) is 18.4. The SMILES string of the molecule is CCCc1c(C(=O)N(C)C2CCN(C)CC2)sc2ccccc12. The zero-order chi connectivity index (χ0) is 16.4. The molecule has 4 heteroatoms. The van der Waals surface area contributed by atoms with Gasteiger partial charge in [0.1, 0.15) is 0 Å². The van der Waals surface area contributed by atoms with Gasteiger partial charge in [-0.25, -0.2) is 0 Å². The zero-order valence-electron chi connectivity index (χ0n) is 14.3. The Kier molecular flexibility index (Phi) is 5.02. The lowest BCUT2D eigenvalue weighted by molar-refractivity contribution is 0.0663. The van der Waals surface area contributed by atoms with Gasteiger partial charge in [-0.1, -0.05) is 31.5 Å². The number of piperidine rings is 1. The molecule has 1 aliphatic rings. The number of hydrogen-bond donors (Lipinski definition) is 0. The van der Waals surface area contributed by atoms with Crippen LogP contribution in [0.1, 0.15) is 41.4 Å². The molecule has 0 saturated carbocycles. The van der Waals surface area contributed by atoms with Gasteiger partial charge in [-0.3, -0.25) is 4.79 Å². The first-order chi connectivity index (χ1) is 11.1. The average molecular weight is 330 g/mol. The fourth-order valence-electron chi connectivity index (χ4n) is 3.48. The van der Waals surface area contributed by atoms with E-state index in [1.165, 1.54) is 15.6 Å². The summed E-state index contributed by atoms with van der Waals surface area (Å²) in [6.45, 7) is 4.34. The lowest BCUT2D eigenvalue weighted by Gasteiger charge is -2.35. The molecular formula is C19H26N2OS. The van der Waals surface area contributed by atoms with Gasteiger partial charge in [0.2, 0.25) is 0 Å². The normalized spacial score (nSPS) is 16.8. The van der Waals surface area contributed by atoms with Crippen LogP contribution >= 0.6 is 11.3 Å². The fraction of sp³-hybridized carbons (Fsp3) is 0.526. The summed E-state index contributed by atoms with van der Waals surface area (Å²) in [6.07, 6.45) is 4.20. The predicted molar refractivity (Wildman–Crippen MR) is 98.4 cm³/mol. The molecule has 0 bridgehead atoms. The van der Waals surface area contributed by atoms with E-state index >= 15 is 0 Å². The third-order valence-corrected chi connectivity index (χ3v) is 6.15. The van der Waals surface area contributed by atoms with E-state index in [1.54, 1.807) is 11.3 Å². The van der Waals surface area contributed by atoms with Crippen LogP contribution in [0.4, 0.5) is 0 Å². The van der Waals surface area contributed by atoms with Crippen molar-refractivity contribution in [1.29, 1.82) is 0 Å². The van der Waals surface area contributed by atoms with E-state index in [2.05, 4.69) is 43.1 Å². The molecule has 2 heterocycles. The first-order valence-corrected chi connectivity index (χ1v) is 9.39. The summed E-state index contributed by atoms with van der Waals surface area (Å²) >= 11 is 1.66. The van der Waals surface area contributed by atoms with E-state index in [0.29, 0.717) is 6.04 Å². The van der Waals surface area contributed by atoms with Gasteiger partial charge in [0.15, 0.2) is 0 Å². The first kappa shape index (κ1) is 16.5. The second-order valence-corrected chi connectivity index (χ2v) is 7.66. The maximum absolute atomic E-state index is 13.1. The lowest BCUT2D eigenvalue weighted by atomic mass is 10.0. The van der Waals surface area contributed by atoms with Crippen LogP contribution < -0.4 is 0 Å². The highest BCUT2D eigenvalue weighted by Crippen LogP contribution is 2.33. The van der Waals surface area contributed by atoms with E-state index in [-0.39, 0.29) is 5.91 Å². The second kappa shape index (κ2) is 7.02. The molecule has 1 fully saturated rings. The Morgan fingerprint density at radius 1 is 1.30 bits per heavy atom. The van der Waals surface area contributed by atoms with Crippen molar-refractivity contribution in [1.82, 2.24) is 9.80 Å². The topological polar surface area (TPSA) is 23.6 Å². The molecule has 3 nitrogen and oxygen atoms in total. The largest absolute Gasteiger partial charge is 0.338 e. The number of thiophene rings is 1. The number of aryl methyl sites for hydroxylation is 1. The molecule has 1 aromatic carbocycles. The molecule has 0 N–H and O–H groups in total. The quantitative estimate of drug-likeness (QED) is 0.845. The van der Waals surface area contributed by atoms with Crippen molar-refractivity contribution in [3.8, 4) is 0 Å². The third-order valence-electron chi connectivity index (χ3n) is 4.95. The Morgan fingerprint density at radius 3 is 2.70 bits per heavy atom. The van der Waals surface area contributed by atoms with Crippen LogP contribution in [0.25, 0.3) is 10.1 Å². The number of rotatable bonds is 4. The first-order valence-electron chi connectivity index (χ1n) is 8.58. The van der Waals surface area contributed by atoms with Crippen LogP contribution in [0.15, 0.2) is 24.3 Å². The fourth-order valence-corrected chi connectivity index (χ4v) is 4.71. The number of likely N-dealkylation sites (tertiary alicyclic amines) is 1. The van der Waals surface area contributed by atoms with E-state index in [4.69, 9.17) is 0 Å². The molecule has 1 saturated heterocycles. The molecule has 1 aromatic heterocycles. The van der Waals surface area contributed by atoms with Gasteiger partial charge in [0, 0.05) is 17.8 Å². The number of benzene rings is 1. The second-order valence-electron chi connectivity index (χ2n) is 6.61. The summed E-state index contributed by atoms with van der Waals surface area (Å²) in [7, 11) is 4.14. The summed E-state index contributed by atoms with van der Waals surface area (Å²) in [6, 6.07) is 8.79. The number of carbonyl (C=O) groups is 1. The third kappa shape index (κ3) is 3.29. The van der Waals surface area contributed by atoms with Crippen molar-refractivity contribution in [3.05, 3.63) is 34.7 Å². The minimum atomic E-state index is 0.212. The van der Waals surface area contributed by atoms with Crippen molar-refractivity contribution in [3.63, 3.8) is 0 Å². The highest BCUT2D eigenvalue weighted by atomic mass is 32.1. The van der Waals surface area contributed by atoms with Crippen molar-refractivity contribution in [2.24, 2.45) is 0 Å². The summed E-state index contributed by atoms with van der Waals surface area (Å²) in [5.74, 6) is 0.212. The molecule has 0 unspecified atom stereocenters. The Balaban J connectivity index is 1.89. The van der Waals surface area contributed by atoms with Gasteiger partial charge < -0.3 is 9.80 Å². The van der Waals surface area contributed by atoms with E-state index in [1.807, 2.05) is 11.9 Å². The highest BCUT2D eigenvalue weighted by Gasteiger charge is 2.27. The average Bonchev–Trinajstić information content (AvgIpc) is 2.93. The van der Waals surface area contributed by atoms with E-state index in [0.717, 1.165) is 43.6 Å². The monoisotopic (exact) mass is 330 g/mol. The molecule has 3 rings (SSSR count). The van der Waals surface area contributed by atoms with Gasteiger partial charge in [-0.2, -0.15) is 0 Å². The van der Waals surface area contributed by atoms with Crippen molar-refractivity contribution in [2.75, 3.05) is 27.2 Å². The molecule has 0 spiro atoms. The highest BCUT2D eigenvalue weighted by molar-refractivity contribution is 7.21. The molecule has 1 amide bonds. The van der Waals surface area contributed by atoms with Gasteiger partial charge in [-0.05, 0) is 56.4 Å². The Morgan fingerprint density at radius 2 is 2.00 bits per heavy atom. The van der Waals surface area contributed by atoms with Crippen molar-refractivity contribution in [2.45, 2.75) is 38.6 Å². The van der Waals surface area contributed by atoms with Gasteiger partial charge in [-0.15, -0.1) is 11.3 Å². The molecule has 0 aliphatic carbocycles. The molecule has 0 radical (unpaired) electrons. The maximum atomic E-state index is 13.1. The Labute approximate surface area is 142 Å². The molecular weight excluding hydrogens is 304 g/mol. The minimum absolute atomic E-state index is 0.212.